The zero-order valence-electron chi connectivity index (χ0n) is 9.37. The summed E-state index contributed by atoms with van der Waals surface area (Å²) in [7, 11) is 1.53. The lowest BCUT2D eigenvalue weighted by molar-refractivity contribution is 0.267. The molecule has 1 aromatic carbocycles. The van der Waals surface area contributed by atoms with E-state index in [2.05, 4.69) is 0 Å². The highest BCUT2D eigenvalue weighted by molar-refractivity contribution is 6.32. The Balaban J connectivity index is 3.15. The van der Waals surface area contributed by atoms with Gasteiger partial charge in [-0.1, -0.05) is 11.6 Å². The summed E-state index contributed by atoms with van der Waals surface area (Å²) in [5, 5.41) is 9.41. The third kappa shape index (κ3) is 2.78. The molecule has 1 aromatic rings. The molecular weight excluding hydrogens is 230 g/mol. The van der Waals surface area contributed by atoms with Crippen LogP contribution in [-0.2, 0) is 0 Å². The second kappa shape index (κ2) is 5.94. The molecule has 1 rings (SSSR count). The molecule has 0 aliphatic rings. The van der Waals surface area contributed by atoms with Gasteiger partial charge in [0.15, 0.2) is 11.5 Å². The van der Waals surface area contributed by atoms with Gasteiger partial charge in [-0.2, -0.15) is 0 Å². The average molecular weight is 246 g/mol. The number of benzene rings is 1. The van der Waals surface area contributed by atoms with E-state index in [1.54, 1.807) is 12.1 Å². The van der Waals surface area contributed by atoms with Crippen molar-refractivity contribution < 1.29 is 14.6 Å². The lowest BCUT2D eigenvalue weighted by atomic mass is 10.1. The SMILES string of the molecule is CCOc1c(Cl)cc([C@@H](N)CO)cc1OC. The predicted octanol–water partition coefficient (Wildman–Crippen LogP) is 1.74. The van der Waals surface area contributed by atoms with Crippen LogP contribution in [0.5, 0.6) is 11.5 Å². The molecule has 1 atom stereocenters. The summed E-state index contributed by atoms with van der Waals surface area (Å²) in [6.45, 7) is 2.22. The zero-order valence-corrected chi connectivity index (χ0v) is 10.1. The molecule has 0 saturated heterocycles. The summed E-state index contributed by atoms with van der Waals surface area (Å²) in [4.78, 5) is 0. The van der Waals surface area contributed by atoms with Crippen LogP contribution in [0.3, 0.4) is 0 Å². The summed E-state index contributed by atoms with van der Waals surface area (Å²) < 4.78 is 10.5. The number of aliphatic hydroxyl groups excluding tert-OH is 1. The highest BCUT2D eigenvalue weighted by Crippen LogP contribution is 2.37. The number of ether oxygens (including phenoxy) is 2. The van der Waals surface area contributed by atoms with Crippen LogP contribution >= 0.6 is 11.6 Å². The van der Waals surface area contributed by atoms with Crippen molar-refractivity contribution in [1.29, 1.82) is 0 Å². The standard InChI is InChI=1S/C11H16ClNO3/c1-3-16-11-8(12)4-7(9(13)6-14)5-10(11)15-2/h4-5,9,14H,3,6,13H2,1-2H3/t9-/m0/s1. The molecular formula is C11H16ClNO3. The van der Waals surface area contributed by atoms with Crippen LogP contribution in [-0.4, -0.2) is 25.4 Å². The Labute approximate surface area is 99.9 Å². The third-order valence-corrected chi connectivity index (χ3v) is 2.45. The molecule has 0 spiro atoms. The van der Waals surface area contributed by atoms with Gasteiger partial charge in [-0.3, -0.25) is 0 Å². The molecule has 0 fully saturated rings. The maximum atomic E-state index is 8.98. The van der Waals surface area contributed by atoms with E-state index < -0.39 is 6.04 Å². The topological polar surface area (TPSA) is 64.7 Å². The van der Waals surface area contributed by atoms with Crippen molar-refractivity contribution in [2.45, 2.75) is 13.0 Å². The fourth-order valence-electron chi connectivity index (χ4n) is 1.34. The number of aliphatic hydroxyl groups is 1. The van der Waals surface area contributed by atoms with Crippen molar-refractivity contribution in [1.82, 2.24) is 0 Å². The van der Waals surface area contributed by atoms with E-state index in [-0.39, 0.29) is 6.61 Å². The Morgan fingerprint density at radius 3 is 2.69 bits per heavy atom. The van der Waals surface area contributed by atoms with E-state index >= 15 is 0 Å². The molecule has 0 aliphatic heterocycles. The highest BCUT2D eigenvalue weighted by atomic mass is 35.5. The lowest BCUT2D eigenvalue weighted by Crippen LogP contribution is -2.14. The maximum Gasteiger partial charge on any atom is 0.179 e. The Kier molecular flexibility index (Phi) is 4.86. The zero-order chi connectivity index (χ0) is 12.1. The minimum Gasteiger partial charge on any atom is -0.493 e. The monoisotopic (exact) mass is 245 g/mol. The van der Waals surface area contributed by atoms with Crippen LogP contribution in [0.1, 0.15) is 18.5 Å². The van der Waals surface area contributed by atoms with E-state index in [0.717, 1.165) is 0 Å². The van der Waals surface area contributed by atoms with Crippen molar-refractivity contribution in [3.05, 3.63) is 22.7 Å². The molecule has 90 valence electrons. The Morgan fingerprint density at radius 1 is 1.50 bits per heavy atom. The highest BCUT2D eigenvalue weighted by Gasteiger charge is 2.14. The number of rotatable bonds is 5. The largest absolute Gasteiger partial charge is 0.493 e. The van der Waals surface area contributed by atoms with Crippen LogP contribution in [0.25, 0.3) is 0 Å². The molecule has 16 heavy (non-hydrogen) atoms. The van der Waals surface area contributed by atoms with Gasteiger partial charge >= 0.3 is 0 Å². The summed E-state index contributed by atoms with van der Waals surface area (Å²) >= 11 is 6.05. The van der Waals surface area contributed by atoms with Gasteiger partial charge in [0.2, 0.25) is 0 Å². The molecule has 0 aliphatic carbocycles. The van der Waals surface area contributed by atoms with Crippen molar-refractivity contribution in [3.8, 4) is 11.5 Å². The Bertz CT molecular complexity index is 357. The van der Waals surface area contributed by atoms with E-state index in [0.29, 0.717) is 28.7 Å². The molecule has 5 heteroatoms. The van der Waals surface area contributed by atoms with Gasteiger partial charge < -0.3 is 20.3 Å². The van der Waals surface area contributed by atoms with E-state index in [1.165, 1.54) is 7.11 Å². The van der Waals surface area contributed by atoms with Gasteiger partial charge in [0, 0.05) is 0 Å². The van der Waals surface area contributed by atoms with Crippen molar-refractivity contribution in [2.24, 2.45) is 5.73 Å². The quantitative estimate of drug-likeness (QED) is 0.829. The maximum absolute atomic E-state index is 8.98. The van der Waals surface area contributed by atoms with Gasteiger partial charge in [-0.05, 0) is 24.6 Å². The first kappa shape index (κ1) is 13.1. The number of halogens is 1. The first-order valence-electron chi connectivity index (χ1n) is 5.00. The molecule has 0 bridgehead atoms. The van der Waals surface area contributed by atoms with Crippen LogP contribution in [0.2, 0.25) is 5.02 Å². The second-order valence-corrected chi connectivity index (χ2v) is 3.66. The average Bonchev–Trinajstić information content (AvgIpc) is 2.30. The molecule has 0 heterocycles. The number of methoxy groups -OCH3 is 1. The molecule has 0 saturated carbocycles. The third-order valence-electron chi connectivity index (χ3n) is 2.17. The van der Waals surface area contributed by atoms with E-state index in [9.17, 15) is 0 Å². The van der Waals surface area contributed by atoms with Crippen molar-refractivity contribution >= 4 is 11.6 Å². The fourth-order valence-corrected chi connectivity index (χ4v) is 1.62. The van der Waals surface area contributed by atoms with Gasteiger partial charge in [0.05, 0.1) is 31.4 Å². The molecule has 4 nitrogen and oxygen atoms in total. The van der Waals surface area contributed by atoms with E-state index in [4.69, 9.17) is 31.9 Å². The molecule has 0 unspecified atom stereocenters. The minimum absolute atomic E-state index is 0.145. The van der Waals surface area contributed by atoms with Gasteiger partial charge in [-0.25, -0.2) is 0 Å². The summed E-state index contributed by atoms with van der Waals surface area (Å²) in [6.07, 6.45) is 0. The summed E-state index contributed by atoms with van der Waals surface area (Å²) in [5.74, 6) is 1.02. The van der Waals surface area contributed by atoms with Crippen LogP contribution in [0.4, 0.5) is 0 Å². The Hall–Kier alpha value is -0.970. The molecule has 0 aromatic heterocycles. The van der Waals surface area contributed by atoms with E-state index in [1.807, 2.05) is 6.92 Å². The van der Waals surface area contributed by atoms with Crippen LogP contribution in [0, 0.1) is 0 Å². The second-order valence-electron chi connectivity index (χ2n) is 3.26. The first-order valence-corrected chi connectivity index (χ1v) is 5.38. The molecule has 0 amide bonds. The minimum atomic E-state index is -0.470. The van der Waals surface area contributed by atoms with Crippen molar-refractivity contribution in [3.63, 3.8) is 0 Å². The number of hydrogen-bond acceptors (Lipinski definition) is 4. The van der Waals surface area contributed by atoms with Crippen LogP contribution in [0.15, 0.2) is 12.1 Å². The Morgan fingerprint density at radius 2 is 2.19 bits per heavy atom. The van der Waals surface area contributed by atoms with Gasteiger partial charge in [0.1, 0.15) is 0 Å². The normalized spacial score (nSPS) is 12.3. The summed E-state index contributed by atoms with van der Waals surface area (Å²) in [6, 6.07) is 2.93. The summed E-state index contributed by atoms with van der Waals surface area (Å²) in [5.41, 5.74) is 6.42. The van der Waals surface area contributed by atoms with Crippen LogP contribution < -0.4 is 15.2 Å². The number of nitrogens with two attached hydrogens (primary N) is 1. The smallest absolute Gasteiger partial charge is 0.179 e. The fraction of sp³-hybridized carbons (Fsp3) is 0.455. The molecule has 3 N–H and O–H groups in total. The molecule has 0 radical (unpaired) electrons. The van der Waals surface area contributed by atoms with Gasteiger partial charge in [0.25, 0.3) is 0 Å². The van der Waals surface area contributed by atoms with Gasteiger partial charge in [-0.15, -0.1) is 0 Å². The lowest BCUT2D eigenvalue weighted by Gasteiger charge is -2.15. The number of hydrogen-bond donors (Lipinski definition) is 2. The first-order chi connectivity index (χ1) is 7.63. The predicted molar refractivity (Wildman–Crippen MR) is 63.2 cm³/mol. The van der Waals surface area contributed by atoms with Crippen molar-refractivity contribution in [2.75, 3.05) is 20.3 Å².